The fourth-order valence-corrected chi connectivity index (χ4v) is 2.99. The largest absolute Gasteiger partial charge is 0.484 e. The molecule has 0 spiro atoms. The Morgan fingerprint density at radius 3 is 2.45 bits per heavy atom. The van der Waals surface area contributed by atoms with Crippen LogP contribution in [0.5, 0.6) is 5.75 Å². The van der Waals surface area contributed by atoms with Gasteiger partial charge in [0, 0.05) is 18.1 Å². The highest BCUT2D eigenvalue weighted by atomic mass is 35.5. The van der Waals surface area contributed by atoms with Gasteiger partial charge in [-0.15, -0.1) is 0 Å². The molecular weight excluding hydrogens is 388 g/mol. The second-order valence-electron chi connectivity index (χ2n) is 7.38. The van der Waals surface area contributed by atoms with E-state index < -0.39 is 6.04 Å². The van der Waals surface area contributed by atoms with E-state index >= 15 is 0 Å². The molecule has 0 aromatic heterocycles. The van der Waals surface area contributed by atoms with Crippen molar-refractivity contribution in [3.05, 3.63) is 65.2 Å². The van der Waals surface area contributed by atoms with E-state index in [-0.39, 0.29) is 18.4 Å². The quantitative estimate of drug-likeness (QED) is 0.638. The number of rotatable bonds is 10. The summed E-state index contributed by atoms with van der Waals surface area (Å²) in [7, 11) is 0. The Labute approximate surface area is 178 Å². The fraction of sp³-hybridized carbons (Fsp3) is 0.391. The van der Waals surface area contributed by atoms with Crippen molar-refractivity contribution in [2.45, 2.75) is 33.2 Å². The fourth-order valence-electron chi connectivity index (χ4n) is 2.81. The maximum Gasteiger partial charge on any atom is 0.261 e. The van der Waals surface area contributed by atoms with Gasteiger partial charge in [-0.05, 0) is 43.0 Å². The predicted molar refractivity (Wildman–Crippen MR) is 116 cm³/mol. The number of amides is 2. The minimum absolute atomic E-state index is 0.156. The third kappa shape index (κ3) is 7.78. The van der Waals surface area contributed by atoms with E-state index in [4.69, 9.17) is 16.3 Å². The van der Waals surface area contributed by atoms with E-state index in [0.717, 1.165) is 5.56 Å². The van der Waals surface area contributed by atoms with Gasteiger partial charge in [0.15, 0.2) is 6.61 Å². The van der Waals surface area contributed by atoms with Crippen LogP contribution in [0.3, 0.4) is 0 Å². The zero-order chi connectivity index (χ0) is 21.2. The monoisotopic (exact) mass is 416 g/mol. The summed E-state index contributed by atoms with van der Waals surface area (Å²) in [5, 5.41) is 3.44. The molecule has 0 bridgehead atoms. The minimum atomic E-state index is -0.590. The van der Waals surface area contributed by atoms with Crippen molar-refractivity contribution in [1.29, 1.82) is 0 Å². The van der Waals surface area contributed by atoms with Crippen LogP contribution in [-0.4, -0.2) is 42.5 Å². The summed E-state index contributed by atoms with van der Waals surface area (Å²) in [6.45, 7) is 6.65. The van der Waals surface area contributed by atoms with Gasteiger partial charge in [-0.1, -0.05) is 61.8 Å². The van der Waals surface area contributed by atoms with E-state index in [0.29, 0.717) is 36.2 Å². The first-order valence-electron chi connectivity index (χ1n) is 9.86. The molecule has 29 heavy (non-hydrogen) atoms. The zero-order valence-corrected chi connectivity index (χ0v) is 18.0. The van der Waals surface area contributed by atoms with Gasteiger partial charge in [0.05, 0.1) is 0 Å². The summed E-state index contributed by atoms with van der Waals surface area (Å²) in [6, 6.07) is 16.2. The number of nitrogens with one attached hydrogen (secondary N) is 1. The Morgan fingerprint density at radius 1 is 1.07 bits per heavy atom. The molecule has 0 saturated carbocycles. The molecule has 0 fully saturated rings. The third-order valence-corrected chi connectivity index (χ3v) is 4.73. The van der Waals surface area contributed by atoms with E-state index in [1.807, 2.05) is 44.2 Å². The lowest BCUT2D eigenvalue weighted by molar-refractivity contribution is -0.141. The first-order valence-corrected chi connectivity index (χ1v) is 10.2. The average molecular weight is 417 g/mol. The Bertz CT molecular complexity index is 796. The van der Waals surface area contributed by atoms with Crippen molar-refractivity contribution in [3.63, 3.8) is 0 Å². The van der Waals surface area contributed by atoms with Crippen LogP contribution in [0, 0.1) is 5.92 Å². The van der Waals surface area contributed by atoms with Crippen molar-refractivity contribution in [3.8, 4) is 5.75 Å². The highest BCUT2D eigenvalue weighted by molar-refractivity contribution is 6.30. The summed E-state index contributed by atoms with van der Waals surface area (Å²) >= 11 is 5.96. The first kappa shape index (κ1) is 22.8. The topological polar surface area (TPSA) is 58.6 Å². The molecule has 2 amide bonds. The maximum absolute atomic E-state index is 12.9. The van der Waals surface area contributed by atoms with Crippen molar-refractivity contribution in [2.24, 2.45) is 5.92 Å². The van der Waals surface area contributed by atoms with E-state index in [2.05, 4.69) is 5.32 Å². The Balaban J connectivity index is 2.05. The van der Waals surface area contributed by atoms with Gasteiger partial charge < -0.3 is 15.0 Å². The molecule has 0 aliphatic heterocycles. The molecule has 0 aliphatic carbocycles. The Hall–Kier alpha value is -2.53. The molecule has 0 radical (unpaired) electrons. The molecule has 0 saturated heterocycles. The van der Waals surface area contributed by atoms with Gasteiger partial charge in [-0.3, -0.25) is 9.59 Å². The van der Waals surface area contributed by atoms with Crippen molar-refractivity contribution >= 4 is 23.4 Å². The van der Waals surface area contributed by atoms with Gasteiger partial charge >= 0.3 is 0 Å². The number of ether oxygens (including phenoxy) is 1. The summed E-state index contributed by atoms with van der Waals surface area (Å²) in [6.07, 6.45) is 0.658. The highest BCUT2D eigenvalue weighted by Crippen LogP contribution is 2.17. The van der Waals surface area contributed by atoms with Gasteiger partial charge in [-0.2, -0.15) is 0 Å². The molecule has 6 heteroatoms. The maximum atomic E-state index is 12.9. The van der Waals surface area contributed by atoms with Crippen LogP contribution in [0.15, 0.2) is 54.6 Å². The predicted octanol–water partition coefficient (Wildman–Crippen LogP) is 3.95. The molecule has 2 rings (SSSR count). The molecule has 0 aliphatic rings. The molecule has 1 N–H and O–H groups in total. The van der Waals surface area contributed by atoms with Gasteiger partial charge in [0.1, 0.15) is 11.8 Å². The number of nitrogens with zero attached hydrogens (tertiary/aromatic N) is 1. The second-order valence-corrected chi connectivity index (χ2v) is 7.82. The smallest absolute Gasteiger partial charge is 0.261 e. The second kappa shape index (κ2) is 11.5. The molecule has 2 aromatic rings. The Morgan fingerprint density at radius 2 is 1.79 bits per heavy atom. The lowest BCUT2D eigenvalue weighted by atomic mass is 10.1. The van der Waals surface area contributed by atoms with Crippen molar-refractivity contribution < 1.29 is 14.3 Å². The van der Waals surface area contributed by atoms with Crippen LogP contribution in [0.25, 0.3) is 0 Å². The average Bonchev–Trinajstić information content (AvgIpc) is 2.71. The molecule has 5 nitrogen and oxygen atoms in total. The normalized spacial score (nSPS) is 11.8. The van der Waals surface area contributed by atoms with Crippen molar-refractivity contribution in [1.82, 2.24) is 10.2 Å². The van der Waals surface area contributed by atoms with Gasteiger partial charge in [0.25, 0.3) is 5.91 Å². The molecular formula is C23H29ClN2O3. The van der Waals surface area contributed by atoms with Crippen LogP contribution in [0.2, 0.25) is 5.02 Å². The molecule has 0 unspecified atom stereocenters. The third-order valence-electron chi connectivity index (χ3n) is 4.49. The lowest BCUT2D eigenvalue weighted by Crippen LogP contribution is -2.50. The first-order chi connectivity index (χ1) is 13.9. The summed E-state index contributed by atoms with van der Waals surface area (Å²) in [5.74, 6) is 0.451. The van der Waals surface area contributed by atoms with Crippen LogP contribution in [0.4, 0.5) is 0 Å². The Kier molecular flexibility index (Phi) is 9.00. The molecule has 2 aromatic carbocycles. The number of carbonyl (C=O) groups excluding carboxylic acids is 2. The number of benzene rings is 2. The molecule has 0 heterocycles. The van der Waals surface area contributed by atoms with Crippen LogP contribution < -0.4 is 10.1 Å². The highest BCUT2D eigenvalue weighted by Gasteiger charge is 2.26. The molecule has 1 atom stereocenters. The van der Waals surface area contributed by atoms with E-state index in [1.54, 1.807) is 36.1 Å². The van der Waals surface area contributed by atoms with Crippen molar-refractivity contribution in [2.75, 3.05) is 19.7 Å². The number of hydrogen-bond donors (Lipinski definition) is 1. The number of halogens is 1. The standard InChI is InChI=1S/C23H29ClN2O3/c1-17(2)15-25-23(28)18(3)26(13-12-19-8-5-4-6-9-19)22(27)16-29-21-11-7-10-20(24)14-21/h4-11,14,17-18H,12-13,15-16H2,1-3H3,(H,25,28)/t18-/m0/s1. The van der Waals surface area contributed by atoms with Crippen LogP contribution in [0.1, 0.15) is 26.3 Å². The summed E-state index contributed by atoms with van der Waals surface area (Å²) < 4.78 is 5.60. The lowest BCUT2D eigenvalue weighted by Gasteiger charge is -2.29. The molecule has 156 valence electrons. The summed E-state index contributed by atoms with van der Waals surface area (Å²) in [5.41, 5.74) is 1.11. The number of carbonyl (C=O) groups is 2. The van der Waals surface area contributed by atoms with Gasteiger partial charge in [-0.25, -0.2) is 0 Å². The van der Waals surface area contributed by atoms with Gasteiger partial charge in [0.2, 0.25) is 5.91 Å². The van der Waals surface area contributed by atoms with Crippen LogP contribution >= 0.6 is 11.6 Å². The summed E-state index contributed by atoms with van der Waals surface area (Å²) in [4.78, 5) is 27.0. The van der Waals surface area contributed by atoms with Crippen LogP contribution in [-0.2, 0) is 16.0 Å². The zero-order valence-electron chi connectivity index (χ0n) is 17.2. The number of hydrogen-bond acceptors (Lipinski definition) is 3. The van der Waals surface area contributed by atoms with E-state index in [9.17, 15) is 9.59 Å². The minimum Gasteiger partial charge on any atom is -0.484 e. The SMILES string of the molecule is CC(C)CNC(=O)[C@H](C)N(CCc1ccccc1)C(=O)COc1cccc(Cl)c1. The van der Waals surface area contributed by atoms with E-state index in [1.165, 1.54) is 0 Å².